The molecule has 1 aromatic carbocycles. The number of benzene rings is 1. The van der Waals surface area contributed by atoms with Crippen molar-refractivity contribution in [3.05, 3.63) is 78.0 Å². The Labute approximate surface area is 178 Å². The van der Waals surface area contributed by atoms with Crippen LogP contribution in [-0.2, 0) is 17.8 Å². The number of aromatic nitrogens is 7. The van der Waals surface area contributed by atoms with Gasteiger partial charge in [0.15, 0.2) is 5.82 Å². The average Bonchev–Trinajstić information content (AvgIpc) is 3.48. The lowest BCUT2D eigenvalue weighted by Gasteiger charge is -2.18. The summed E-state index contributed by atoms with van der Waals surface area (Å²) in [7, 11) is 1.61. The highest BCUT2D eigenvalue weighted by molar-refractivity contribution is 5.80. The van der Waals surface area contributed by atoms with E-state index in [0.717, 1.165) is 16.9 Å². The summed E-state index contributed by atoms with van der Waals surface area (Å²) in [6.07, 6.45) is 5.62. The largest absolute Gasteiger partial charge is 0.497 e. The number of amides is 1. The standard InChI is InChI=1S/C21H22N8O2/c1-15-25-26-27-29(15)19(12-16-5-3-6-18(11-16)31-2)21(30)23-14-17-7-9-22-20(13-17)28-10-4-8-24-28/h3-11,13,19H,12,14H2,1-2H3,(H,23,30). The molecule has 1 amide bonds. The van der Waals surface area contributed by atoms with Crippen molar-refractivity contribution < 1.29 is 9.53 Å². The lowest BCUT2D eigenvalue weighted by atomic mass is 10.0. The number of nitrogens with zero attached hydrogens (tertiary/aromatic N) is 7. The maximum atomic E-state index is 13.1. The molecule has 3 aromatic heterocycles. The molecule has 0 aliphatic rings. The predicted molar refractivity (Wildman–Crippen MR) is 111 cm³/mol. The van der Waals surface area contributed by atoms with Gasteiger partial charge in [-0.1, -0.05) is 12.1 Å². The lowest BCUT2D eigenvalue weighted by molar-refractivity contribution is -0.124. The zero-order valence-corrected chi connectivity index (χ0v) is 17.2. The van der Waals surface area contributed by atoms with Gasteiger partial charge in [-0.05, 0) is 58.8 Å². The molecule has 0 spiro atoms. The van der Waals surface area contributed by atoms with Crippen molar-refractivity contribution in [2.75, 3.05) is 7.11 Å². The molecule has 0 aliphatic heterocycles. The fourth-order valence-corrected chi connectivity index (χ4v) is 3.25. The van der Waals surface area contributed by atoms with Gasteiger partial charge in [0, 0.05) is 31.6 Å². The first-order chi connectivity index (χ1) is 15.1. The zero-order valence-electron chi connectivity index (χ0n) is 17.2. The Balaban J connectivity index is 1.51. The van der Waals surface area contributed by atoms with Crippen molar-refractivity contribution in [2.24, 2.45) is 0 Å². The fourth-order valence-electron chi connectivity index (χ4n) is 3.25. The minimum absolute atomic E-state index is 0.185. The predicted octanol–water partition coefficient (Wildman–Crippen LogP) is 1.67. The van der Waals surface area contributed by atoms with Crippen LogP contribution in [0.2, 0.25) is 0 Å². The Bertz CT molecular complexity index is 1160. The van der Waals surface area contributed by atoms with E-state index in [9.17, 15) is 4.79 Å². The van der Waals surface area contributed by atoms with Crippen LogP contribution in [0.4, 0.5) is 0 Å². The minimum atomic E-state index is -0.602. The summed E-state index contributed by atoms with van der Waals surface area (Å²) in [5, 5.41) is 18.8. The number of aryl methyl sites for hydroxylation is 1. The highest BCUT2D eigenvalue weighted by Crippen LogP contribution is 2.19. The maximum absolute atomic E-state index is 13.1. The SMILES string of the molecule is COc1cccc(CC(C(=O)NCc2ccnc(-n3cccn3)c2)n2nnnc2C)c1. The summed E-state index contributed by atoms with van der Waals surface area (Å²) in [5.41, 5.74) is 1.85. The molecule has 0 bridgehead atoms. The van der Waals surface area contributed by atoms with E-state index in [2.05, 4.69) is 30.9 Å². The number of ether oxygens (including phenoxy) is 1. The normalized spacial score (nSPS) is 11.8. The minimum Gasteiger partial charge on any atom is -0.497 e. The van der Waals surface area contributed by atoms with Crippen LogP contribution in [0.3, 0.4) is 0 Å². The molecule has 158 valence electrons. The number of rotatable bonds is 8. The lowest BCUT2D eigenvalue weighted by Crippen LogP contribution is -2.34. The van der Waals surface area contributed by atoms with E-state index in [0.29, 0.717) is 24.6 Å². The van der Waals surface area contributed by atoms with E-state index < -0.39 is 6.04 Å². The second kappa shape index (κ2) is 9.16. The van der Waals surface area contributed by atoms with Gasteiger partial charge >= 0.3 is 0 Å². The van der Waals surface area contributed by atoms with Gasteiger partial charge in [0.25, 0.3) is 0 Å². The molecule has 1 atom stereocenters. The van der Waals surface area contributed by atoms with Gasteiger partial charge in [0.05, 0.1) is 7.11 Å². The molecule has 4 rings (SSSR count). The summed E-state index contributed by atoms with van der Waals surface area (Å²) in [6, 6.07) is 12.6. The van der Waals surface area contributed by atoms with Crippen molar-refractivity contribution in [3.8, 4) is 11.6 Å². The number of carbonyl (C=O) groups excluding carboxylic acids is 1. The van der Waals surface area contributed by atoms with Crippen molar-refractivity contribution in [2.45, 2.75) is 25.9 Å². The molecule has 3 heterocycles. The molecular weight excluding hydrogens is 396 g/mol. The van der Waals surface area contributed by atoms with Crippen molar-refractivity contribution in [1.82, 2.24) is 40.3 Å². The molecule has 0 saturated carbocycles. The number of tetrazole rings is 1. The van der Waals surface area contributed by atoms with Gasteiger partial charge in [-0.2, -0.15) is 5.10 Å². The maximum Gasteiger partial charge on any atom is 0.245 e. The van der Waals surface area contributed by atoms with Crippen LogP contribution in [0.5, 0.6) is 5.75 Å². The highest BCUT2D eigenvalue weighted by Gasteiger charge is 2.24. The van der Waals surface area contributed by atoms with Gasteiger partial charge < -0.3 is 10.1 Å². The topological polar surface area (TPSA) is 113 Å². The van der Waals surface area contributed by atoms with Gasteiger partial charge in [-0.3, -0.25) is 4.79 Å². The Morgan fingerprint density at radius 2 is 2.06 bits per heavy atom. The molecule has 0 radical (unpaired) electrons. The molecule has 0 saturated heterocycles. The van der Waals surface area contributed by atoms with Crippen LogP contribution in [0, 0.1) is 6.92 Å². The van der Waals surface area contributed by atoms with E-state index in [-0.39, 0.29) is 5.91 Å². The van der Waals surface area contributed by atoms with Crippen LogP contribution in [0.25, 0.3) is 5.82 Å². The second-order valence-electron chi connectivity index (χ2n) is 6.93. The third-order valence-corrected chi connectivity index (χ3v) is 4.83. The Kier molecular flexibility index (Phi) is 5.97. The number of carbonyl (C=O) groups is 1. The summed E-state index contributed by atoms with van der Waals surface area (Å²) >= 11 is 0. The number of hydrogen-bond acceptors (Lipinski definition) is 7. The van der Waals surface area contributed by atoms with E-state index in [4.69, 9.17) is 4.74 Å². The van der Waals surface area contributed by atoms with Crippen LogP contribution in [-0.4, -0.2) is 48.0 Å². The van der Waals surface area contributed by atoms with E-state index in [1.165, 1.54) is 4.68 Å². The smallest absolute Gasteiger partial charge is 0.245 e. The van der Waals surface area contributed by atoms with Crippen molar-refractivity contribution >= 4 is 5.91 Å². The van der Waals surface area contributed by atoms with Crippen LogP contribution in [0.15, 0.2) is 61.1 Å². The fraction of sp³-hybridized carbons (Fsp3) is 0.238. The van der Waals surface area contributed by atoms with Gasteiger partial charge in [-0.25, -0.2) is 14.3 Å². The Morgan fingerprint density at radius 1 is 1.16 bits per heavy atom. The highest BCUT2D eigenvalue weighted by atomic mass is 16.5. The first-order valence-electron chi connectivity index (χ1n) is 9.74. The van der Waals surface area contributed by atoms with Crippen LogP contribution < -0.4 is 10.1 Å². The van der Waals surface area contributed by atoms with E-state index in [1.54, 1.807) is 31.1 Å². The van der Waals surface area contributed by atoms with Gasteiger partial charge in [-0.15, -0.1) is 5.10 Å². The molecule has 4 aromatic rings. The monoisotopic (exact) mass is 418 g/mol. The molecule has 0 fully saturated rings. The van der Waals surface area contributed by atoms with Gasteiger partial charge in [0.2, 0.25) is 5.91 Å². The quantitative estimate of drug-likeness (QED) is 0.463. The summed E-state index contributed by atoms with van der Waals surface area (Å²) in [4.78, 5) is 17.5. The van der Waals surface area contributed by atoms with E-state index >= 15 is 0 Å². The third kappa shape index (κ3) is 4.74. The molecule has 31 heavy (non-hydrogen) atoms. The third-order valence-electron chi connectivity index (χ3n) is 4.83. The zero-order chi connectivity index (χ0) is 21.6. The Hall–Kier alpha value is -4.08. The van der Waals surface area contributed by atoms with Gasteiger partial charge in [0.1, 0.15) is 17.6 Å². The number of pyridine rings is 1. The number of nitrogens with one attached hydrogen (secondary N) is 1. The first kappa shape index (κ1) is 20.2. The van der Waals surface area contributed by atoms with Crippen molar-refractivity contribution in [1.29, 1.82) is 0 Å². The summed E-state index contributed by atoms with van der Waals surface area (Å²) in [6.45, 7) is 2.11. The molecule has 10 heteroatoms. The number of hydrogen-bond donors (Lipinski definition) is 1. The summed E-state index contributed by atoms with van der Waals surface area (Å²) in [5.74, 6) is 1.79. The molecular formula is C21H22N8O2. The Morgan fingerprint density at radius 3 is 2.81 bits per heavy atom. The first-order valence-corrected chi connectivity index (χ1v) is 9.74. The molecule has 0 aliphatic carbocycles. The van der Waals surface area contributed by atoms with Crippen molar-refractivity contribution in [3.63, 3.8) is 0 Å². The summed E-state index contributed by atoms with van der Waals surface area (Å²) < 4.78 is 8.50. The number of methoxy groups -OCH3 is 1. The van der Waals surface area contributed by atoms with Crippen LogP contribution in [0.1, 0.15) is 23.0 Å². The molecule has 10 nitrogen and oxygen atoms in total. The second-order valence-corrected chi connectivity index (χ2v) is 6.93. The molecule has 1 unspecified atom stereocenters. The van der Waals surface area contributed by atoms with E-state index in [1.807, 2.05) is 48.7 Å². The van der Waals surface area contributed by atoms with Crippen LogP contribution >= 0.6 is 0 Å². The molecule has 1 N–H and O–H groups in total. The average molecular weight is 418 g/mol.